The molecule has 0 atom stereocenters. The zero-order valence-electron chi connectivity index (χ0n) is 12.6. The zero-order valence-corrected chi connectivity index (χ0v) is 14.2. The smallest absolute Gasteiger partial charge is 0.248 e. The summed E-state index contributed by atoms with van der Waals surface area (Å²) in [4.78, 5) is 14.0. The van der Waals surface area contributed by atoms with E-state index in [1.807, 2.05) is 13.8 Å². The van der Waals surface area contributed by atoms with Crippen LogP contribution < -0.4 is 5.56 Å². The van der Waals surface area contributed by atoms with Crippen LogP contribution in [-0.2, 0) is 10.0 Å². The standard InChI is InChI=1S/C15H19ClN2O3S/c1-3-7-18(8-4-2)22(20,21)14-9-11-5-6-15(19)17-13(11)10-12(14)16/h5-6,9-10H,3-4,7-8H2,1-2H3,(H,17,19). The van der Waals surface area contributed by atoms with Crippen molar-refractivity contribution in [3.63, 3.8) is 0 Å². The van der Waals surface area contributed by atoms with Crippen molar-refractivity contribution in [3.05, 3.63) is 39.6 Å². The van der Waals surface area contributed by atoms with E-state index in [4.69, 9.17) is 11.6 Å². The van der Waals surface area contributed by atoms with Gasteiger partial charge in [0.1, 0.15) is 4.90 Å². The van der Waals surface area contributed by atoms with Gasteiger partial charge in [0, 0.05) is 24.7 Å². The molecule has 120 valence electrons. The van der Waals surface area contributed by atoms with E-state index in [1.54, 1.807) is 6.07 Å². The number of rotatable bonds is 6. The number of halogens is 1. The van der Waals surface area contributed by atoms with Gasteiger partial charge >= 0.3 is 0 Å². The van der Waals surface area contributed by atoms with E-state index >= 15 is 0 Å². The van der Waals surface area contributed by atoms with Crippen LogP contribution in [0.5, 0.6) is 0 Å². The average Bonchev–Trinajstić information content (AvgIpc) is 2.46. The van der Waals surface area contributed by atoms with Gasteiger partial charge in [0.25, 0.3) is 0 Å². The first kappa shape index (κ1) is 17.0. The SMILES string of the molecule is CCCN(CCC)S(=O)(=O)c1cc2ccc(=O)[nH]c2cc1Cl. The van der Waals surface area contributed by atoms with Crippen LogP contribution >= 0.6 is 11.6 Å². The van der Waals surface area contributed by atoms with E-state index in [0.29, 0.717) is 24.0 Å². The normalized spacial score (nSPS) is 12.2. The highest BCUT2D eigenvalue weighted by atomic mass is 35.5. The molecule has 1 N–H and O–H groups in total. The van der Waals surface area contributed by atoms with E-state index in [9.17, 15) is 13.2 Å². The van der Waals surface area contributed by atoms with Crippen LogP contribution in [0.1, 0.15) is 26.7 Å². The summed E-state index contributed by atoms with van der Waals surface area (Å²) in [5.41, 5.74) is 0.270. The Morgan fingerprint density at radius 3 is 2.36 bits per heavy atom. The summed E-state index contributed by atoms with van der Waals surface area (Å²) in [5, 5.41) is 0.752. The number of nitrogens with one attached hydrogen (secondary N) is 1. The lowest BCUT2D eigenvalue weighted by Crippen LogP contribution is -2.32. The Morgan fingerprint density at radius 1 is 1.14 bits per heavy atom. The largest absolute Gasteiger partial charge is 0.322 e. The molecule has 0 bridgehead atoms. The summed E-state index contributed by atoms with van der Waals surface area (Å²) in [6.45, 7) is 4.78. The molecule has 22 heavy (non-hydrogen) atoms. The van der Waals surface area contributed by atoms with Gasteiger partial charge in [-0.2, -0.15) is 4.31 Å². The molecule has 0 radical (unpaired) electrons. The van der Waals surface area contributed by atoms with Crippen molar-refractivity contribution in [2.45, 2.75) is 31.6 Å². The molecule has 0 aliphatic carbocycles. The van der Waals surface area contributed by atoms with Gasteiger partial charge in [-0.15, -0.1) is 0 Å². The van der Waals surface area contributed by atoms with Gasteiger partial charge in [0.2, 0.25) is 15.6 Å². The molecule has 0 aliphatic heterocycles. The van der Waals surface area contributed by atoms with Crippen LogP contribution in [-0.4, -0.2) is 30.8 Å². The molecule has 2 aromatic rings. The van der Waals surface area contributed by atoms with Crippen LogP contribution in [0.15, 0.2) is 34.0 Å². The fraction of sp³-hybridized carbons (Fsp3) is 0.400. The second-order valence-corrected chi connectivity index (χ2v) is 7.41. The van der Waals surface area contributed by atoms with Crippen LogP contribution in [0.3, 0.4) is 0 Å². The number of nitrogens with zero attached hydrogens (tertiary/aromatic N) is 1. The van der Waals surface area contributed by atoms with E-state index in [2.05, 4.69) is 4.98 Å². The second-order valence-electron chi connectivity index (χ2n) is 5.10. The molecule has 0 fully saturated rings. The van der Waals surface area contributed by atoms with E-state index in [0.717, 1.165) is 12.8 Å². The maximum Gasteiger partial charge on any atom is 0.248 e. The minimum Gasteiger partial charge on any atom is -0.322 e. The summed E-state index contributed by atoms with van der Waals surface area (Å²) in [5.74, 6) is 0. The molecule has 0 saturated carbocycles. The van der Waals surface area contributed by atoms with Gasteiger partial charge in [-0.25, -0.2) is 8.42 Å². The molecule has 7 heteroatoms. The topological polar surface area (TPSA) is 70.2 Å². The zero-order chi connectivity index (χ0) is 16.3. The van der Waals surface area contributed by atoms with Gasteiger partial charge < -0.3 is 4.98 Å². The monoisotopic (exact) mass is 342 g/mol. The predicted octanol–water partition coefficient (Wildman–Crippen LogP) is 2.99. The maximum absolute atomic E-state index is 12.8. The van der Waals surface area contributed by atoms with Crippen LogP contribution in [0.2, 0.25) is 5.02 Å². The lowest BCUT2D eigenvalue weighted by atomic mass is 10.2. The quantitative estimate of drug-likeness (QED) is 0.877. The summed E-state index contributed by atoms with van der Waals surface area (Å²) in [7, 11) is -3.65. The Kier molecular flexibility index (Phi) is 5.26. The third kappa shape index (κ3) is 3.34. The van der Waals surface area contributed by atoms with Crippen molar-refractivity contribution in [3.8, 4) is 0 Å². The molecule has 0 aliphatic rings. The Hall–Kier alpha value is -1.37. The molecule has 0 unspecified atom stereocenters. The van der Waals surface area contributed by atoms with Gasteiger partial charge in [-0.1, -0.05) is 25.4 Å². The number of benzene rings is 1. The Balaban J connectivity index is 2.59. The van der Waals surface area contributed by atoms with Gasteiger partial charge in [0.05, 0.1) is 5.02 Å². The average molecular weight is 343 g/mol. The minimum absolute atomic E-state index is 0.0793. The first-order valence-electron chi connectivity index (χ1n) is 7.23. The lowest BCUT2D eigenvalue weighted by molar-refractivity contribution is 0.410. The Morgan fingerprint density at radius 2 is 1.77 bits per heavy atom. The predicted molar refractivity (Wildman–Crippen MR) is 88.9 cm³/mol. The molecule has 1 aromatic heterocycles. The van der Waals surface area contributed by atoms with Gasteiger partial charge in [-0.05, 0) is 36.4 Å². The highest BCUT2D eigenvalue weighted by Crippen LogP contribution is 2.28. The molecule has 1 heterocycles. The number of fused-ring (bicyclic) bond motifs is 1. The first-order valence-corrected chi connectivity index (χ1v) is 9.04. The van der Waals surface area contributed by atoms with Crippen molar-refractivity contribution in [2.24, 2.45) is 0 Å². The van der Waals surface area contributed by atoms with E-state index in [-0.39, 0.29) is 15.5 Å². The van der Waals surface area contributed by atoms with Gasteiger partial charge in [-0.3, -0.25) is 4.79 Å². The van der Waals surface area contributed by atoms with Crippen molar-refractivity contribution < 1.29 is 8.42 Å². The third-order valence-electron chi connectivity index (χ3n) is 3.34. The number of hydrogen-bond acceptors (Lipinski definition) is 3. The molecule has 0 saturated heterocycles. The molecule has 1 aromatic carbocycles. The Bertz CT molecular complexity index is 824. The minimum atomic E-state index is -3.65. The number of hydrogen-bond donors (Lipinski definition) is 1. The third-order valence-corrected chi connectivity index (χ3v) is 5.70. The number of sulfonamides is 1. The van der Waals surface area contributed by atoms with Crippen molar-refractivity contribution in [2.75, 3.05) is 13.1 Å². The van der Waals surface area contributed by atoms with Crippen LogP contribution in [0.25, 0.3) is 10.9 Å². The first-order chi connectivity index (χ1) is 10.4. The molecule has 5 nitrogen and oxygen atoms in total. The van der Waals surface area contributed by atoms with Crippen LogP contribution in [0, 0.1) is 0 Å². The number of aromatic nitrogens is 1. The maximum atomic E-state index is 12.8. The van der Waals surface area contributed by atoms with Crippen molar-refractivity contribution >= 4 is 32.5 Å². The molecule has 2 rings (SSSR count). The van der Waals surface area contributed by atoms with E-state index < -0.39 is 10.0 Å². The van der Waals surface area contributed by atoms with Crippen LogP contribution in [0.4, 0.5) is 0 Å². The highest BCUT2D eigenvalue weighted by molar-refractivity contribution is 7.89. The van der Waals surface area contributed by atoms with Crippen molar-refractivity contribution in [1.82, 2.24) is 9.29 Å². The molecular weight excluding hydrogens is 324 g/mol. The highest BCUT2D eigenvalue weighted by Gasteiger charge is 2.26. The molecule has 0 spiro atoms. The lowest BCUT2D eigenvalue weighted by Gasteiger charge is -2.21. The Labute approximate surface area is 135 Å². The molecule has 0 amide bonds. The fourth-order valence-electron chi connectivity index (χ4n) is 2.34. The number of pyridine rings is 1. The summed E-state index contributed by atoms with van der Waals surface area (Å²) in [6, 6.07) is 5.96. The van der Waals surface area contributed by atoms with Gasteiger partial charge in [0.15, 0.2) is 0 Å². The fourth-order valence-corrected chi connectivity index (χ4v) is 4.50. The molecular formula is C15H19ClN2O3S. The number of H-pyrrole nitrogens is 1. The van der Waals surface area contributed by atoms with E-state index in [1.165, 1.54) is 22.5 Å². The summed E-state index contributed by atoms with van der Waals surface area (Å²) >= 11 is 6.16. The summed E-state index contributed by atoms with van der Waals surface area (Å²) in [6.07, 6.45) is 1.47. The number of aromatic amines is 1. The van der Waals surface area contributed by atoms with Crippen molar-refractivity contribution in [1.29, 1.82) is 0 Å². The summed E-state index contributed by atoms with van der Waals surface area (Å²) < 4.78 is 27.1. The second kappa shape index (κ2) is 6.81.